The highest BCUT2D eigenvalue weighted by molar-refractivity contribution is 5.75. The molecule has 0 spiro atoms. The third-order valence-corrected chi connectivity index (χ3v) is 1.75. The van der Waals surface area contributed by atoms with E-state index in [-0.39, 0.29) is 5.60 Å². The summed E-state index contributed by atoms with van der Waals surface area (Å²) in [6.07, 6.45) is 0.466. The Balaban J connectivity index is 4.02. The minimum Gasteiger partial charge on any atom is -0.468 e. The molecule has 2 N–H and O–H groups in total. The third kappa shape index (κ3) is 4.85. The Morgan fingerprint density at radius 2 is 2.08 bits per heavy atom. The van der Waals surface area contributed by atoms with Gasteiger partial charge in [-0.1, -0.05) is 0 Å². The Morgan fingerprint density at radius 1 is 1.54 bits per heavy atom. The van der Waals surface area contributed by atoms with Crippen molar-refractivity contribution >= 4 is 5.97 Å². The van der Waals surface area contributed by atoms with Crippen molar-refractivity contribution in [3.63, 3.8) is 0 Å². The molecule has 4 nitrogen and oxygen atoms in total. The number of nitrogens with two attached hydrogens (primary N) is 1. The van der Waals surface area contributed by atoms with Gasteiger partial charge in [-0.2, -0.15) is 0 Å². The number of rotatable bonds is 5. The van der Waals surface area contributed by atoms with Gasteiger partial charge in [0.25, 0.3) is 0 Å². The second-order valence-corrected chi connectivity index (χ2v) is 3.53. The Labute approximate surface area is 79.4 Å². The minimum atomic E-state index is -0.605. The van der Waals surface area contributed by atoms with Crippen molar-refractivity contribution in [3.8, 4) is 0 Å². The Kier molecular flexibility index (Phi) is 4.95. The molecule has 0 aliphatic rings. The summed E-state index contributed by atoms with van der Waals surface area (Å²) in [5, 5.41) is 0. The van der Waals surface area contributed by atoms with Crippen molar-refractivity contribution in [2.75, 3.05) is 13.7 Å². The van der Waals surface area contributed by atoms with E-state index in [1.807, 2.05) is 20.8 Å². The fraction of sp³-hybridized carbons (Fsp3) is 0.889. The number of carbonyl (C=O) groups is 1. The topological polar surface area (TPSA) is 61.5 Å². The molecule has 0 aromatic heterocycles. The number of ether oxygens (including phenoxy) is 2. The first-order chi connectivity index (χ1) is 5.93. The maximum absolute atomic E-state index is 11.0. The van der Waals surface area contributed by atoms with E-state index in [0.717, 1.165) is 0 Å². The normalized spacial score (nSPS) is 13.9. The van der Waals surface area contributed by atoms with Gasteiger partial charge in [0.2, 0.25) is 0 Å². The van der Waals surface area contributed by atoms with Crippen LogP contribution in [0, 0.1) is 0 Å². The van der Waals surface area contributed by atoms with Crippen molar-refractivity contribution in [1.29, 1.82) is 0 Å². The first-order valence-electron chi connectivity index (χ1n) is 4.40. The molecule has 0 radical (unpaired) electrons. The summed E-state index contributed by atoms with van der Waals surface area (Å²) >= 11 is 0. The molecule has 0 aliphatic heterocycles. The van der Waals surface area contributed by atoms with Gasteiger partial charge in [-0.3, -0.25) is 4.79 Å². The van der Waals surface area contributed by atoms with Gasteiger partial charge < -0.3 is 15.2 Å². The van der Waals surface area contributed by atoms with Crippen LogP contribution in [0.25, 0.3) is 0 Å². The predicted octanol–water partition coefficient (Wildman–Crippen LogP) is 0.692. The van der Waals surface area contributed by atoms with E-state index in [1.165, 1.54) is 7.11 Å². The molecule has 0 aromatic rings. The van der Waals surface area contributed by atoms with E-state index in [2.05, 4.69) is 4.74 Å². The summed E-state index contributed by atoms with van der Waals surface area (Å²) in [6, 6.07) is -0.605. The van der Waals surface area contributed by atoms with Gasteiger partial charge in [-0.25, -0.2) is 0 Å². The zero-order valence-corrected chi connectivity index (χ0v) is 8.79. The monoisotopic (exact) mass is 189 g/mol. The quantitative estimate of drug-likeness (QED) is 0.646. The van der Waals surface area contributed by atoms with Crippen LogP contribution < -0.4 is 5.73 Å². The summed E-state index contributed by atoms with van der Waals surface area (Å²) in [5.74, 6) is -0.396. The lowest BCUT2D eigenvalue weighted by Crippen LogP contribution is -2.40. The second kappa shape index (κ2) is 5.19. The molecule has 78 valence electrons. The van der Waals surface area contributed by atoms with Gasteiger partial charge in [0, 0.05) is 13.0 Å². The minimum absolute atomic E-state index is 0.373. The number of methoxy groups -OCH3 is 1. The summed E-state index contributed by atoms with van der Waals surface area (Å²) in [5.41, 5.74) is 5.22. The highest BCUT2D eigenvalue weighted by atomic mass is 16.5. The van der Waals surface area contributed by atoms with E-state index in [4.69, 9.17) is 10.5 Å². The van der Waals surface area contributed by atoms with Gasteiger partial charge in [0.15, 0.2) is 0 Å². The SMILES string of the molecule is CCOC(C)(C)CC(N)C(=O)OC. The summed E-state index contributed by atoms with van der Waals surface area (Å²) in [6.45, 7) is 6.32. The van der Waals surface area contributed by atoms with Crippen molar-refractivity contribution in [2.45, 2.75) is 38.8 Å². The van der Waals surface area contributed by atoms with Crippen molar-refractivity contribution in [1.82, 2.24) is 0 Å². The molecule has 4 heteroatoms. The van der Waals surface area contributed by atoms with Crippen LogP contribution in [-0.4, -0.2) is 31.3 Å². The molecule has 1 atom stereocenters. The van der Waals surface area contributed by atoms with E-state index in [0.29, 0.717) is 13.0 Å². The van der Waals surface area contributed by atoms with E-state index in [1.54, 1.807) is 0 Å². The maximum Gasteiger partial charge on any atom is 0.322 e. The van der Waals surface area contributed by atoms with Crippen LogP contribution in [0.15, 0.2) is 0 Å². The largest absolute Gasteiger partial charge is 0.468 e. The third-order valence-electron chi connectivity index (χ3n) is 1.75. The molecule has 0 bridgehead atoms. The maximum atomic E-state index is 11.0. The first kappa shape index (κ1) is 12.4. The average molecular weight is 189 g/mol. The fourth-order valence-electron chi connectivity index (χ4n) is 1.21. The number of hydrogen-bond donors (Lipinski definition) is 1. The molecule has 0 rings (SSSR count). The highest BCUT2D eigenvalue weighted by Crippen LogP contribution is 2.16. The molecule has 0 saturated heterocycles. The first-order valence-corrected chi connectivity index (χ1v) is 4.40. The number of carbonyl (C=O) groups excluding carboxylic acids is 1. The molecule has 0 saturated carbocycles. The Hall–Kier alpha value is -0.610. The van der Waals surface area contributed by atoms with E-state index >= 15 is 0 Å². The number of esters is 1. The van der Waals surface area contributed by atoms with E-state index < -0.39 is 12.0 Å². The van der Waals surface area contributed by atoms with Gasteiger partial charge in [0.05, 0.1) is 12.7 Å². The van der Waals surface area contributed by atoms with Crippen LogP contribution in [0.1, 0.15) is 27.2 Å². The summed E-state index contributed by atoms with van der Waals surface area (Å²) < 4.78 is 9.92. The van der Waals surface area contributed by atoms with E-state index in [9.17, 15) is 4.79 Å². The van der Waals surface area contributed by atoms with Crippen LogP contribution >= 0.6 is 0 Å². The standard InChI is InChI=1S/C9H19NO3/c1-5-13-9(2,3)6-7(10)8(11)12-4/h7H,5-6,10H2,1-4H3. The van der Waals surface area contributed by atoms with Crippen molar-refractivity contribution < 1.29 is 14.3 Å². The van der Waals surface area contributed by atoms with Crippen LogP contribution in [0.3, 0.4) is 0 Å². The van der Waals surface area contributed by atoms with Gasteiger partial charge in [0.1, 0.15) is 6.04 Å². The number of hydrogen-bond acceptors (Lipinski definition) is 4. The molecular formula is C9H19NO3. The van der Waals surface area contributed by atoms with Crippen molar-refractivity contribution in [3.05, 3.63) is 0 Å². The summed E-state index contributed by atoms with van der Waals surface area (Å²) in [7, 11) is 1.33. The van der Waals surface area contributed by atoms with Gasteiger partial charge >= 0.3 is 5.97 Å². The lowest BCUT2D eigenvalue weighted by atomic mass is 9.99. The molecule has 0 fully saturated rings. The summed E-state index contributed by atoms with van der Waals surface area (Å²) in [4.78, 5) is 11.0. The zero-order chi connectivity index (χ0) is 10.5. The van der Waals surface area contributed by atoms with Gasteiger partial charge in [-0.15, -0.1) is 0 Å². The molecule has 0 aromatic carbocycles. The second-order valence-electron chi connectivity index (χ2n) is 3.53. The van der Waals surface area contributed by atoms with Crippen LogP contribution in [0.5, 0.6) is 0 Å². The molecule has 0 aliphatic carbocycles. The smallest absolute Gasteiger partial charge is 0.322 e. The Morgan fingerprint density at radius 3 is 2.46 bits per heavy atom. The predicted molar refractivity (Wildman–Crippen MR) is 50.3 cm³/mol. The molecular weight excluding hydrogens is 170 g/mol. The molecule has 13 heavy (non-hydrogen) atoms. The zero-order valence-electron chi connectivity index (χ0n) is 8.79. The Bertz CT molecular complexity index is 168. The van der Waals surface area contributed by atoms with Crippen molar-refractivity contribution in [2.24, 2.45) is 5.73 Å². The molecule has 0 amide bonds. The average Bonchev–Trinajstić information content (AvgIpc) is 2.01. The van der Waals surface area contributed by atoms with Crippen LogP contribution in [0.2, 0.25) is 0 Å². The van der Waals surface area contributed by atoms with Crippen LogP contribution in [0.4, 0.5) is 0 Å². The fourth-order valence-corrected chi connectivity index (χ4v) is 1.21. The lowest BCUT2D eigenvalue weighted by molar-refractivity contribution is -0.144. The highest BCUT2D eigenvalue weighted by Gasteiger charge is 2.25. The van der Waals surface area contributed by atoms with Gasteiger partial charge in [-0.05, 0) is 20.8 Å². The van der Waals surface area contributed by atoms with Crippen LogP contribution in [-0.2, 0) is 14.3 Å². The lowest BCUT2D eigenvalue weighted by Gasteiger charge is -2.26. The molecule has 0 heterocycles. The molecule has 1 unspecified atom stereocenters.